The number of para-hydroxylation sites is 1. The van der Waals surface area contributed by atoms with Gasteiger partial charge in [-0.05, 0) is 36.8 Å². The molecule has 0 fully saturated rings. The molecule has 2 N–H and O–H groups in total. The second-order valence-corrected chi connectivity index (χ2v) is 4.83. The SMILES string of the molecule is Cc1cccc(OCc2cc3ccccc3nc2N)c1. The fourth-order valence-corrected chi connectivity index (χ4v) is 2.16. The van der Waals surface area contributed by atoms with E-state index in [1.807, 2.05) is 61.5 Å². The topological polar surface area (TPSA) is 48.1 Å². The van der Waals surface area contributed by atoms with E-state index in [9.17, 15) is 0 Å². The van der Waals surface area contributed by atoms with Gasteiger partial charge in [-0.3, -0.25) is 0 Å². The maximum Gasteiger partial charge on any atom is 0.130 e. The molecule has 3 heteroatoms. The Balaban J connectivity index is 1.85. The lowest BCUT2D eigenvalue weighted by Crippen LogP contribution is -2.02. The quantitative estimate of drug-likeness (QED) is 0.784. The highest BCUT2D eigenvalue weighted by Crippen LogP contribution is 2.20. The molecule has 3 nitrogen and oxygen atoms in total. The van der Waals surface area contributed by atoms with E-state index < -0.39 is 0 Å². The Morgan fingerprint density at radius 2 is 1.90 bits per heavy atom. The predicted molar refractivity (Wildman–Crippen MR) is 81.7 cm³/mol. The van der Waals surface area contributed by atoms with Crippen molar-refractivity contribution in [3.63, 3.8) is 0 Å². The summed E-state index contributed by atoms with van der Waals surface area (Å²) in [5, 5.41) is 1.07. The van der Waals surface area contributed by atoms with E-state index in [4.69, 9.17) is 10.5 Å². The van der Waals surface area contributed by atoms with Gasteiger partial charge in [-0.25, -0.2) is 4.98 Å². The molecule has 0 aliphatic rings. The first kappa shape index (κ1) is 12.5. The largest absolute Gasteiger partial charge is 0.489 e. The van der Waals surface area contributed by atoms with Crippen molar-refractivity contribution < 1.29 is 4.74 Å². The first-order valence-electron chi connectivity index (χ1n) is 6.56. The molecule has 100 valence electrons. The van der Waals surface area contributed by atoms with Crippen molar-refractivity contribution in [1.82, 2.24) is 4.98 Å². The molecule has 1 heterocycles. The van der Waals surface area contributed by atoms with Crippen LogP contribution >= 0.6 is 0 Å². The van der Waals surface area contributed by atoms with Gasteiger partial charge in [0.1, 0.15) is 18.2 Å². The number of nitrogens with zero attached hydrogens (tertiary/aromatic N) is 1. The van der Waals surface area contributed by atoms with Crippen molar-refractivity contribution in [3.8, 4) is 5.75 Å². The minimum atomic E-state index is 0.424. The fourth-order valence-electron chi connectivity index (χ4n) is 2.16. The summed E-state index contributed by atoms with van der Waals surface area (Å²) in [5.41, 5.74) is 8.98. The van der Waals surface area contributed by atoms with Crippen LogP contribution in [0, 0.1) is 6.92 Å². The van der Waals surface area contributed by atoms with E-state index in [-0.39, 0.29) is 0 Å². The molecule has 0 bridgehead atoms. The lowest BCUT2D eigenvalue weighted by molar-refractivity contribution is 0.306. The van der Waals surface area contributed by atoms with Crippen molar-refractivity contribution in [2.24, 2.45) is 0 Å². The summed E-state index contributed by atoms with van der Waals surface area (Å²) in [4.78, 5) is 4.40. The number of anilines is 1. The van der Waals surface area contributed by atoms with Gasteiger partial charge < -0.3 is 10.5 Å². The van der Waals surface area contributed by atoms with Crippen LogP contribution in [0.1, 0.15) is 11.1 Å². The number of hydrogen-bond donors (Lipinski definition) is 1. The number of fused-ring (bicyclic) bond motifs is 1. The van der Waals surface area contributed by atoms with Gasteiger partial charge >= 0.3 is 0 Å². The molecule has 0 atom stereocenters. The first-order chi connectivity index (χ1) is 9.72. The lowest BCUT2D eigenvalue weighted by Gasteiger charge is -2.10. The highest BCUT2D eigenvalue weighted by molar-refractivity contribution is 5.81. The van der Waals surface area contributed by atoms with Crippen LogP contribution in [0.4, 0.5) is 5.82 Å². The maximum atomic E-state index is 5.99. The average molecular weight is 264 g/mol. The van der Waals surface area contributed by atoms with E-state index in [1.165, 1.54) is 5.56 Å². The van der Waals surface area contributed by atoms with Gasteiger partial charge in [0.05, 0.1) is 5.52 Å². The molecule has 0 aliphatic heterocycles. The number of aryl methyl sites for hydroxylation is 1. The normalized spacial score (nSPS) is 10.7. The molecule has 0 radical (unpaired) electrons. The van der Waals surface area contributed by atoms with Gasteiger partial charge in [0.15, 0.2) is 0 Å². The van der Waals surface area contributed by atoms with E-state index >= 15 is 0 Å². The Hall–Kier alpha value is -2.55. The zero-order valence-electron chi connectivity index (χ0n) is 11.3. The summed E-state index contributed by atoms with van der Waals surface area (Å²) in [6.07, 6.45) is 0. The summed E-state index contributed by atoms with van der Waals surface area (Å²) in [7, 11) is 0. The number of nitrogens with two attached hydrogens (primary N) is 1. The van der Waals surface area contributed by atoms with Crippen LogP contribution in [0.15, 0.2) is 54.6 Å². The molecule has 2 aromatic carbocycles. The van der Waals surface area contributed by atoms with E-state index in [1.54, 1.807) is 0 Å². The Bertz CT molecular complexity index is 753. The number of ether oxygens (including phenoxy) is 1. The smallest absolute Gasteiger partial charge is 0.130 e. The number of benzene rings is 2. The summed E-state index contributed by atoms with van der Waals surface area (Å²) >= 11 is 0. The third kappa shape index (κ3) is 2.57. The molecule has 3 rings (SSSR count). The van der Waals surface area contributed by atoms with Crippen molar-refractivity contribution in [1.29, 1.82) is 0 Å². The third-order valence-electron chi connectivity index (χ3n) is 3.22. The number of rotatable bonds is 3. The molecule has 0 amide bonds. The van der Waals surface area contributed by atoms with Crippen molar-refractivity contribution >= 4 is 16.7 Å². The lowest BCUT2D eigenvalue weighted by atomic mass is 10.1. The average Bonchev–Trinajstić information content (AvgIpc) is 2.45. The van der Waals surface area contributed by atoms with Gasteiger partial charge in [-0.15, -0.1) is 0 Å². The van der Waals surface area contributed by atoms with Crippen LogP contribution < -0.4 is 10.5 Å². The zero-order chi connectivity index (χ0) is 13.9. The predicted octanol–water partition coefficient (Wildman–Crippen LogP) is 3.70. The van der Waals surface area contributed by atoms with Crippen LogP contribution in [0.5, 0.6) is 5.75 Å². The Kier molecular flexibility index (Phi) is 3.25. The second-order valence-electron chi connectivity index (χ2n) is 4.83. The van der Waals surface area contributed by atoms with Crippen molar-refractivity contribution in [2.45, 2.75) is 13.5 Å². The fraction of sp³-hybridized carbons (Fsp3) is 0.118. The monoisotopic (exact) mass is 264 g/mol. The molecule has 0 saturated heterocycles. The van der Waals surface area contributed by atoms with Gasteiger partial charge in [0, 0.05) is 10.9 Å². The summed E-state index contributed by atoms with van der Waals surface area (Å²) < 4.78 is 5.78. The number of nitrogen functional groups attached to an aromatic ring is 1. The highest BCUT2D eigenvalue weighted by Gasteiger charge is 2.05. The Morgan fingerprint density at radius 3 is 2.75 bits per heavy atom. The van der Waals surface area contributed by atoms with Crippen molar-refractivity contribution in [3.05, 3.63) is 65.7 Å². The highest BCUT2D eigenvalue weighted by atomic mass is 16.5. The van der Waals surface area contributed by atoms with Gasteiger partial charge in [-0.1, -0.05) is 30.3 Å². The van der Waals surface area contributed by atoms with Crippen LogP contribution in [0.2, 0.25) is 0 Å². The number of pyridine rings is 1. The maximum absolute atomic E-state index is 5.99. The summed E-state index contributed by atoms with van der Waals surface area (Å²) in [6.45, 7) is 2.46. The number of aromatic nitrogens is 1. The Morgan fingerprint density at radius 1 is 1.05 bits per heavy atom. The molecule has 0 unspecified atom stereocenters. The molecule has 1 aromatic heterocycles. The molecule has 0 saturated carbocycles. The summed E-state index contributed by atoms with van der Waals surface area (Å²) in [5.74, 6) is 1.37. The molecule has 0 spiro atoms. The molecular weight excluding hydrogens is 248 g/mol. The van der Waals surface area contributed by atoms with Gasteiger partial charge in [-0.2, -0.15) is 0 Å². The Labute approximate surface area is 118 Å². The van der Waals surface area contributed by atoms with E-state index in [0.29, 0.717) is 12.4 Å². The van der Waals surface area contributed by atoms with Crippen LogP contribution in [0.25, 0.3) is 10.9 Å². The zero-order valence-corrected chi connectivity index (χ0v) is 11.3. The third-order valence-corrected chi connectivity index (χ3v) is 3.22. The standard InChI is InChI=1S/C17H16N2O/c1-12-5-4-7-15(9-12)20-11-14-10-13-6-2-3-8-16(13)19-17(14)18/h2-10H,11H2,1H3,(H2,18,19). The van der Waals surface area contributed by atoms with Crippen molar-refractivity contribution in [2.75, 3.05) is 5.73 Å². The minimum Gasteiger partial charge on any atom is -0.489 e. The molecule has 0 aliphatic carbocycles. The van der Waals surface area contributed by atoms with E-state index in [0.717, 1.165) is 22.2 Å². The summed E-state index contributed by atoms with van der Waals surface area (Å²) in [6, 6.07) is 17.9. The molecule has 3 aromatic rings. The number of hydrogen-bond acceptors (Lipinski definition) is 3. The molecular formula is C17H16N2O. The van der Waals surface area contributed by atoms with Crippen LogP contribution in [-0.4, -0.2) is 4.98 Å². The van der Waals surface area contributed by atoms with Gasteiger partial charge in [0.2, 0.25) is 0 Å². The molecule has 20 heavy (non-hydrogen) atoms. The minimum absolute atomic E-state index is 0.424. The van der Waals surface area contributed by atoms with E-state index in [2.05, 4.69) is 4.98 Å². The van der Waals surface area contributed by atoms with Crippen LogP contribution in [0.3, 0.4) is 0 Å². The van der Waals surface area contributed by atoms with Crippen LogP contribution in [-0.2, 0) is 6.61 Å². The second kappa shape index (κ2) is 5.21. The van der Waals surface area contributed by atoms with Gasteiger partial charge in [0.25, 0.3) is 0 Å². The first-order valence-corrected chi connectivity index (χ1v) is 6.56.